The Morgan fingerprint density at radius 2 is 1.09 bits per heavy atom. The van der Waals surface area contributed by atoms with Crippen molar-refractivity contribution in [3.05, 3.63) is 192 Å². The lowest BCUT2D eigenvalue weighted by atomic mass is 9.89. The molecular weight excluding hydrogens is 645 g/mol. The lowest BCUT2D eigenvalue weighted by molar-refractivity contribution is 0.771. The fourth-order valence-electron chi connectivity index (χ4n) is 9.07. The Bertz CT molecular complexity index is 2950. The van der Waals surface area contributed by atoms with Crippen LogP contribution in [0.15, 0.2) is 170 Å². The quantitative estimate of drug-likeness (QED) is 0.186. The summed E-state index contributed by atoms with van der Waals surface area (Å²) >= 11 is 0. The van der Waals surface area contributed by atoms with Crippen molar-refractivity contribution in [2.75, 3.05) is 4.90 Å². The lowest BCUT2D eigenvalue weighted by Gasteiger charge is -2.31. The molecule has 9 aromatic rings. The second-order valence-corrected chi connectivity index (χ2v) is 14.0. The van der Waals surface area contributed by atoms with Crippen molar-refractivity contribution in [3.8, 4) is 28.6 Å². The van der Waals surface area contributed by atoms with Crippen LogP contribution in [-0.4, -0.2) is 15.2 Å². The number of rotatable bonds is 4. The molecule has 0 bridgehead atoms. The summed E-state index contributed by atoms with van der Waals surface area (Å²) in [5.41, 5.74) is 15.8. The van der Waals surface area contributed by atoms with Gasteiger partial charge in [-0.2, -0.15) is 5.26 Å². The summed E-state index contributed by atoms with van der Waals surface area (Å²) in [5, 5.41) is 14.2. The molecule has 0 fully saturated rings. The minimum atomic E-state index is 0.139. The maximum absolute atomic E-state index is 10.5. The third-order valence-corrected chi connectivity index (χ3v) is 11.2. The van der Waals surface area contributed by atoms with E-state index in [2.05, 4.69) is 190 Å². The van der Waals surface area contributed by atoms with Crippen LogP contribution in [-0.2, 0) is 6.42 Å². The van der Waals surface area contributed by atoms with Crippen molar-refractivity contribution in [2.45, 2.75) is 12.5 Å². The Morgan fingerprint density at radius 1 is 0.509 bits per heavy atom. The van der Waals surface area contributed by atoms with Crippen molar-refractivity contribution in [1.29, 1.82) is 5.26 Å². The molecule has 0 spiro atoms. The summed E-state index contributed by atoms with van der Waals surface area (Å²) in [6, 6.07) is 63.1. The molecule has 4 nitrogen and oxygen atoms in total. The summed E-state index contributed by atoms with van der Waals surface area (Å²) in [7, 11) is 0. The van der Waals surface area contributed by atoms with Gasteiger partial charge in [-0.05, 0) is 77.9 Å². The summed E-state index contributed by atoms with van der Waals surface area (Å²) in [5.74, 6) is 0. The highest BCUT2D eigenvalue weighted by atomic mass is 15.2. The maximum Gasteiger partial charge on any atom is 0.0992 e. The second-order valence-electron chi connectivity index (χ2n) is 14.0. The van der Waals surface area contributed by atoms with Crippen molar-refractivity contribution < 1.29 is 0 Å². The minimum Gasteiger partial charge on any atom is -0.333 e. The number of anilines is 2. The third-order valence-electron chi connectivity index (χ3n) is 11.2. The highest BCUT2D eigenvalue weighted by molar-refractivity contribution is 6.10. The average Bonchev–Trinajstić information content (AvgIpc) is 3.85. The van der Waals surface area contributed by atoms with Crippen LogP contribution in [0.3, 0.4) is 0 Å². The molecule has 1 atom stereocenters. The minimum absolute atomic E-state index is 0.139. The highest BCUT2D eigenvalue weighted by Gasteiger charge is 2.39. The van der Waals surface area contributed by atoms with Crippen LogP contribution in [0, 0.1) is 11.3 Å². The molecule has 0 amide bonds. The first-order valence-corrected chi connectivity index (χ1v) is 18.2. The van der Waals surface area contributed by atoms with E-state index < -0.39 is 0 Å². The number of para-hydroxylation sites is 6. The molecule has 0 saturated carbocycles. The van der Waals surface area contributed by atoms with Gasteiger partial charge in [-0.25, -0.2) is 0 Å². The molecule has 3 heterocycles. The van der Waals surface area contributed by atoms with Gasteiger partial charge in [0.05, 0.1) is 39.9 Å². The number of aromatic nitrogens is 2. The predicted octanol–water partition coefficient (Wildman–Crippen LogP) is 11.9. The molecule has 4 heteroatoms. The molecule has 53 heavy (non-hydrogen) atoms. The first kappa shape index (κ1) is 29.6. The van der Waals surface area contributed by atoms with Crippen molar-refractivity contribution in [2.24, 2.45) is 0 Å². The molecule has 0 N–H and O–H groups in total. The van der Waals surface area contributed by atoms with Crippen LogP contribution in [0.25, 0.3) is 66.9 Å². The van der Waals surface area contributed by atoms with Gasteiger partial charge >= 0.3 is 0 Å². The van der Waals surface area contributed by atoms with E-state index in [1.807, 2.05) is 6.07 Å². The van der Waals surface area contributed by atoms with Gasteiger partial charge in [-0.3, -0.25) is 0 Å². The van der Waals surface area contributed by atoms with Crippen molar-refractivity contribution in [1.82, 2.24) is 9.13 Å². The number of benzene rings is 7. The van der Waals surface area contributed by atoms with Gasteiger partial charge < -0.3 is 14.0 Å². The van der Waals surface area contributed by atoms with E-state index >= 15 is 0 Å². The van der Waals surface area contributed by atoms with Gasteiger partial charge in [0.1, 0.15) is 0 Å². The van der Waals surface area contributed by atoms with Gasteiger partial charge in [0.15, 0.2) is 0 Å². The first-order chi connectivity index (χ1) is 26.3. The zero-order valence-corrected chi connectivity index (χ0v) is 28.8. The molecule has 1 aliphatic heterocycles. The lowest BCUT2D eigenvalue weighted by Crippen LogP contribution is -2.31. The Kier molecular flexibility index (Phi) is 6.41. The zero-order valence-electron chi connectivity index (χ0n) is 28.8. The summed E-state index contributed by atoms with van der Waals surface area (Å²) in [4.78, 5) is 2.51. The van der Waals surface area contributed by atoms with Crippen LogP contribution in [0.1, 0.15) is 22.4 Å². The van der Waals surface area contributed by atoms with E-state index in [1.54, 1.807) is 0 Å². The molecule has 7 aromatic carbocycles. The number of hydrogen-bond donors (Lipinski definition) is 0. The van der Waals surface area contributed by atoms with Crippen molar-refractivity contribution in [3.63, 3.8) is 0 Å². The summed E-state index contributed by atoms with van der Waals surface area (Å²) in [6.45, 7) is 0. The Morgan fingerprint density at radius 3 is 1.81 bits per heavy atom. The standard InChI is InChI=1S/C49H32N4/c50-31-32-26-33(36-16-4-9-21-43(36)53-46-24-12-5-17-37(46)38-18-6-13-25-47(38)53)28-35(27-32)52-45-23-11-8-20-40(45)42-29-41-39-19-7-10-22-44(39)51(48(41)30-49(42)52)34-14-2-1-3-15-34/h1-29,48H,30H2. The van der Waals surface area contributed by atoms with E-state index in [9.17, 15) is 5.26 Å². The number of fused-ring (bicyclic) bond motifs is 9. The average molecular weight is 677 g/mol. The van der Waals surface area contributed by atoms with Crippen LogP contribution in [0.4, 0.5) is 11.4 Å². The monoisotopic (exact) mass is 676 g/mol. The molecule has 2 aliphatic rings. The smallest absolute Gasteiger partial charge is 0.0992 e. The van der Waals surface area contributed by atoms with Crippen LogP contribution in [0.5, 0.6) is 0 Å². The van der Waals surface area contributed by atoms with Gasteiger partial charge in [0.25, 0.3) is 0 Å². The number of hydrogen-bond acceptors (Lipinski definition) is 2. The highest BCUT2D eigenvalue weighted by Crippen LogP contribution is 2.50. The van der Waals surface area contributed by atoms with Crippen LogP contribution < -0.4 is 4.90 Å². The summed E-state index contributed by atoms with van der Waals surface area (Å²) in [6.07, 6.45) is 3.25. The Balaban J connectivity index is 1.13. The SMILES string of the molecule is N#Cc1cc(-c2ccccc2-n2c3ccccc3c3ccccc32)cc(-n2c3c(c4ccccc42)C=C2c4ccccc4N(c4ccccc4)C2C3)c1. The van der Waals surface area contributed by atoms with Gasteiger partial charge in [-0.15, -0.1) is 0 Å². The van der Waals surface area contributed by atoms with Crippen molar-refractivity contribution >= 4 is 55.7 Å². The van der Waals surface area contributed by atoms with Gasteiger partial charge in [0, 0.05) is 62.0 Å². The molecule has 0 saturated heterocycles. The van der Waals surface area contributed by atoms with E-state index in [0.29, 0.717) is 5.56 Å². The maximum atomic E-state index is 10.5. The predicted molar refractivity (Wildman–Crippen MR) is 218 cm³/mol. The Hall–Kier alpha value is -7.09. The van der Waals surface area contributed by atoms with Gasteiger partial charge in [0.2, 0.25) is 0 Å². The molecule has 1 aliphatic carbocycles. The van der Waals surface area contributed by atoms with E-state index in [0.717, 1.165) is 45.5 Å². The van der Waals surface area contributed by atoms with Gasteiger partial charge in [-0.1, -0.05) is 109 Å². The molecule has 2 aromatic heterocycles. The fourth-order valence-corrected chi connectivity index (χ4v) is 9.07. The van der Waals surface area contributed by atoms with Crippen LogP contribution >= 0.6 is 0 Å². The molecular formula is C49H32N4. The summed E-state index contributed by atoms with van der Waals surface area (Å²) < 4.78 is 4.78. The first-order valence-electron chi connectivity index (χ1n) is 18.2. The second kappa shape index (κ2) is 11.5. The largest absolute Gasteiger partial charge is 0.333 e. The van der Waals surface area contributed by atoms with Crippen LogP contribution in [0.2, 0.25) is 0 Å². The van der Waals surface area contributed by atoms with E-state index in [4.69, 9.17) is 0 Å². The third kappa shape index (κ3) is 4.35. The van der Waals surface area contributed by atoms with E-state index in [-0.39, 0.29) is 6.04 Å². The Labute approximate surface area is 307 Å². The molecule has 1 unspecified atom stereocenters. The molecule has 11 rings (SSSR count). The fraction of sp³-hybridized carbons (Fsp3) is 0.0408. The molecule has 0 radical (unpaired) electrons. The van der Waals surface area contributed by atoms with E-state index in [1.165, 1.54) is 49.9 Å². The topological polar surface area (TPSA) is 36.9 Å². The molecule has 248 valence electrons. The normalized spacial score (nSPS) is 14.6. The number of nitriles is 1. The zero-order chi connectivity index (χ0) is 35.0. The number of nitrogens with zero attached hydrogens (tertiary/aromatic N) is 4.